The Morgan fingerprint density at radius 3 is 2.54 bits per heavy atom. The number of hydrogen-bond donors (Lipinski definition) is 0. The molecule has 134 valence electrons. The lowest BCUT2D eigenvalue weighted by molar-refractivity contribution is 0.896. The van der Waals surface area contributed by atoms with Crippen molar-refractivity contribution in [1.29, 1.82) is 0 Å². The molecule has 0 aliphatic heterocycles. The summed E-state index contributed by atoms with van der Waals surface area (Å²) >= 11 is 4.11. The molecule has 0 fully saturated rings. The van der Waals surface area contributed by atoms with Gasteiger partial charge in [0.15, 0.2) is 3.83 Å². The molecule has 2 aromatic heterocycles. The molecule has 0 bridgehead atoms. The fraction of sp³-hybridized carbons (Fsp3) is 0.0833. The first-order chi connectivity index (χ1) is 13.8. The SMILES string of the molecule is Ic1nc2c(c(-c3cc4sc5ccccc5c4c4ccccc34)n1)C=CCC2. The monoisotopic (exact) mass is 490 g/mol. The zero-order valence-electron chi connectivity index (χ0n) is 14.9. The molecule has 28 heavy (non-hydrogen) atoms. The first-order valence-electron chi connectivity index (χ1n) is 9.36. The summed E-state index contributed by atoms with van der Waals surface area (Å²) in [5.41, 5.74) is 4.60. The zero-order chi connectivity index (χ0) is 18.7. The van der Waals surface area contributed by atoms with Gasteiger partial charge in [0.2, 0.25) is 0 Å². The van der Waals surface area contributed by atoms with Crippen molar-refractivity contribution < 1.29 is 0 Å². The van der Waals surface area contributed by atoms with Crippen LogP contribution in [0.25, 0.3) is 48.3 Å². The van der Waals surface area contributed by atoms with Crippen LogP contribution in [-0.2, 0) is 6.42 Å². The number of hydrogen-bond acceptors (Lipinski definition) is 3. The Kier molecular flexibility index (Phi) is 3.77. The van der Waals surface area contributed by atoms with Crippen LogP contribution in [0, 0.1) is 3.83 Å². The highest BCUT2D eigenvalue weighted by atomic mass is 127. The highest BCUT2D eigenvalue weighted by Gasteiger charge is 2.19. The van der Waals surface area contributed by atoms with Crippen LogP contribution in [0.5, 0.6) is 0 Å². The van der Waals surface area contributed by atoms with Gasteiger partial charge in [-0.1, -0.05) is 54.6 Å². The molecule has 0 saturated heterocycles. The van der Waals surface area contributed by atoms with Crippen molar-refractivity contribution in [1.82, 2.24) is 9.97 Å². The smallest absolute Gasteiger partial charge is 0.191 e. The Balaban J connectivity index is 1.79. The van der Waals surface area contributed by atoms with E-state index in [4.69, 9.17) is 9.97 Å². The van der Waals surface area contributed by atoms with Gasteiger partial charge in [0.1, 0.15) is 0 Å². The Morgan fingerprint density at radius 1 is 0.857 bits per heavy atom. The molecule has 1 aliphatic carbocycles. The number of rotatable bonds is 1. The topological polar surface area (TPSA) is 25.8 Å². The summed E-state index contributed by atoms with van der Waals surface area (Å²) in [6.07, 6.45) is 6.48. The van der Waals surface area contributed by atoms with E-state index in [9.17, 15) is 0 Å². The molecule has 2 heterocycles. The molecule has 5 aromatic rings. The molecular formula is C24H15IN2S. The Labute approximate surface area is 180 Å². The minimum absolute atomic E-state index is 0.821. The van der Waals surface area contributed by atoms with Gasteiger partial charge in [-0.2, -0.15) is 0 Å². The number of halogens is 1. The van der Waals surface area contributed by atoms with Crippen LogP contribution in [0.2, 0.25) is 0 Å². The third-order valence-corrected chi connectivity index (χ3v) is 7.07. The molecule has 0 unspecified atom stereocenters. The predicted octanol–water partition coefficient (Wildman–Crippen LogP) is 7.23. The van der Waals surface area contributed by atoms with Crippen molar-refractivity contribution in [3.63, 3.8) is 0 Å². The van der Waals surface area contributed by atoms with Crippen LogP contribution in [-0.4, -0.2) is 9.97 Å². The molecular weight excluding hydrogens is 475 g/mol. The predicted molar refractivity (Wildman–Crippen MR) is 128 cm³/mol. The summed E-state index contributed by atoms with van der Waals surface area (Å²) in [5, 5.41) is 5.25. The average Bonchev–Trinajstić information content (AvgIpc) is 3.11. The highest BCUT2D eigenvalue weighted by Crippen LogP contribution is 2.43. The van der Waals surface area contributed by atoms with Crippen LogP contribution < -0.4 is 0 Å². The number of fused-ring (bicyclic) bond motifs is 6. The minimum Gasteiger partial charge on any atom is -0.227 e. The molecule has 2 nitrogen and oxygen atoms in total. The lowest BCUT2D eigenvalue weighted by Crippen LogP contribution is -2.05. The second-order valence-corrected chi connectivity index (χ2v) is 9.13. The molecule has 6 rings (SSSR count). The third kappa shape index (κ3) is 2.44. The van der Waals surface area contributed by atoms with E-state index in [2.05, 4.69) is 89.3 Å². The van der Waals surface area contributed by atoms with Gasteiger partial charge >= 0.3 is 0 Å². The number of thiophene rings is 1. The number of allylic oxidation sites excluding steroid dienone is 1. The van der Waals surface area contributed by atoms with Gasteiger partial charge in [0.05, 0.1) is 11.4 Å². The number of nitrogens with zero attached hydrogens (tertiary/aromatic N) is 2. The molecule has 1 aliphatic rings. The van der Waals surface area contributed by atoms with Gasteiger partial charge in [0, 0.05) is 53.9 Å². The molecule has 0 radical (unpaired) electrons. The summed E-state index contributed by atoms with van der Waals surface area (Å²) in [6, 6.07) is 19.8. The van der Waals surface area contributed by atoms with Crippen molar-refractivity contribution in [3.8, 4) is 11.3 Å². The third-order valence-electron chi connectivity index (χ3n) is 5.47. The molecule has 3 aromatic carbocycles. The average molecular weight is 490 g/mol. The summed E-state index contributed by atoms with van der Waals surface area (Å²) in [5.74, 6) is 0. The Hall–Kier alpha value is -2.31. The minimum atomic E-state index is 0.821. The largest absolute Gasteiger partial charge is 0.227 e. The normalized spacial score (nSPS) is 13.5. The van der Waals surface area contributed by atoms with Crippen LogP contribution in [0.4, 0.5) is 0 Å². The van der Waals surface area contributed by atoms with Gasteiger partial charge in [-0.25, -0.2) is 9.97 Å². The van der Waals surface area contributed by atoms with Crippen LogP contribution in [0.3, 0.4) is 0 Å². The summed E-state index contributed by atoms with van der Waals surface area (Å²) in [6.45, 7) is 0. The van der Waals surface area contributed by atoms with Crippen LogP contribution >= 0.6 is 33.9 Å². The molecule has 0 N–H and O–H groups in total. The van der Waals surface area contributed by atoms with E-state index in [0.717, 1.165) is 28.1 Å². The summed E-state index contributed by atoms with van der Waals surface area (Å²) < 4.78 is 3.47. The van der Waals surface area contributed by atoms with Crippen molar-refractivity contribution in [2.75, 3.05) is 0 Å². The summed E-state index contributed by atoms with van der Waals surface area (Å²) in [4.78, 5) is 9.60. The van der Waals surface area contributed by atoms with Gasteiger partial charge in [-0.15, -0.1) is 11.3 Å². The highest BCUT2D eigenvalue weighted by molar-refractivity contribution is 14.1. The number of aromatic nitrogens is 2. The quantitative estimate of drug-likeness (QED) is 0.183. The van der Waals surface area contributed by atoms with Gasteiger partial charge in [-0.05, 0) is 35.7 Å². The molecule has 4 heteroatoms. The maximum absolute atomic E-state index is 4.90. The molecule has 0 spiro atoms. The maximum Gasteiger partial charge on any atom is 0.191 e. The maximum atomic E-state index is 4.90. The zero-order valence-corrected chi connectivity index (χ0v) is 17.9. The molecule has 0 amide bonds. The first-order valence-corrected chi connectivity index (χ1v) is 11.3. The van der Waals surface area contributed by atoms with E-state index in [0.29, 0.717) is 0 Å². The lowest BCUT2D eigenvalue weighted by Gasteiger charge is -2.16. The van der Waals surface area contributed by atoms with Gasteiger partial charge in [-0.3, -0.25) is 0 Å². The van der Waals surface area contributed by atoms with E-state index < -0.39 is 0 Å². The molecule has 0 saturated carbocycles. The Bertz CT molecular complexity index is 1430. The van der Waals surface area contributed by atoms with E-state index in [-0.39, 0.29) is 0 Å². The van der Waals surface area contributed by atoms with E-state index in [1.54, 1.807) is 0 Å². The van der Waals surface area contributed by atoms with E-state index >= 15 is 0 Å². The van der Waals surface area contributed by atoms with Gasteiger partial charge < -0.3 is 0 Å². The summed E-state index contributed by atoms with van der Waals surface area (Å²) in [7, 11) is 0. The van der Waals surface area contributed by atoms with Crippen molar-refractivity contribution in [3.05, 3.63) is 75.8 Å². The van der Waals surface area contributed by atoms with Crippen LogP contribution in [0.1, 0.15) is 17.7 Å². The number of aryl methyl sites for hydroxylation is 1. The lowest BCUT2D eigenvalue weighted by atomic mass is 9.93. The number of benzene rings is 3. The fourth-order valence-electron chi connectivity index (χ4n) is 4.26. The fourth-order valence-corrected chi connectivity index (χ4v) is 5.96. The van der Waals surface area contributed by atoms with E-state index in [1.165, 1.54) is 42.1 Å². The van der Waals surface area contributed by atoms with Crippen molar-refractivity contribution in [2.24, 2.45) is 0 Å². The first kappa shape index (κ1) is 16.6. The van der Waals surface area contributed by atoms with Crippen LogP contribution in [0.15, 0.2) is 60.7 Å². The molecule has 0 atom stereocenters. The Morgan fingerprint density at radius 2 is 1.64 bits per heavy atom. The van der Waals surface area contributed by atoms with E-state index in [1.807, 2.05) is 11.3 Å². The second kappa shape index (κ2) is 6.36. The van der Waals surface area contributed by atoms with Gasteiger partial charge in [0.25, 0.3) is 0 Å². The standard InChI is InChI=1S/C24H15IN2S/c25-24-26-19-11-5-3-9-16(19)23(27-24)18-13-21-22(15-8-2-1-7-14(15)18)17-10-4-6-12-20(17)28-21/h1-4,6-10,12-13H,5,11H2. The second-order valence-electron chi connectivity index (χ2n) is 7.08. The van der Waals surface area contributed by atoms with Crippen molar-refractivity contribution >= 4 is 70.9 Å². The van der Waals surface area contributed by atoms with Crippen molar-refractivity contribution in [2.45, 2.75) is 12.8 Å².